The van der Waals surface area contributed by atoms with Gasteiger partial charge in [0.1, 0.15) is 0 Å². The van der Waals surface area contributed by atoms with E-state index in [9.17, 15) is 0 Å². The van der Waals surface area contributed by atoms with Gasteiger partial charge >= 0.3 is 0 Å². The molecule has 8 heteroatoms. The third-order valence-electron chi connectivity index (χ3n) is 5.15. The fourth-order valence-electron chi connectivity index (χ4n) is 3.63. The second kappa shape index (κ2) is 10.00. The second-order valence-electron chi connectivity index (χ2n) is 7.70. The Balaban J connectivity index is 1.34. The molecule has 4 nitrogen and oxygen atoms in total. The van der Waals surface area contributed by atoms with Gasteiger partial charge in [-0.25, -0.2) is 9.97 Å². The summed E-state index contributed by atoms with van der Waals surface area (Å²) < 4.78 is 2.09. The van der Waals surface area contributed by atoms with Gasteiger partial charge in [-0.05, 0) is 56.3 Å². The van der Waals surface area contributed by atoms with E-state index in [0.717, 1.165) is 53.1 Å². The summed E-state index contributed by atoms with van der Waals surface area (Å²) in [7, 11) is 0. The highest BCUT2D eigenvalue weighted by molar-refractivity contribution is 9.10. The van der Waals surface area contributed by atoms with Crippen molar-refractivity contribution >= 4 is 76.2 Å². The van der Waals surface area contributed by atoms with Crippen molar-refractivity contribution in [1.82, 2.24) is 9.97 Å². The molecule has 0 atom stereocenters. The van der Waals surface area contributed by atoms with Crippen molar-refractivity contribution in [3.8, 4) is 22.5 Å². The molecule has 0 aliphatic carbocycles. The monoisotopic (exact) mass is 610 g/mol. The van der Waals surface area contributed by atoms with Gasteiger partial charge < -0.3 is 10.6 Å². The molecule has 2 aromatic heterocycles. The molecule has 0 bridgehead atoms. The summed E-state index contributed by atoms with van der Waals surface area (Å²) >= 11 is 10.4. The van der Waals surface area contributed by atoms with Gasteiger partial charge in [-0.3, -0.25) is 0 Å². The van der Waals surface area contributed by atoms with Crippen LogP contribution in [0.1, 0.15) is 9.75 Å². The van der Waals surface area contributed by atoms with E-state index < -0.39 is 0 Å². The SMILES string of the molecule is Cc1sc(Nc2cccc(Nc3nc(-c4cccc(Br)c4)c(C)s3)c2)nc1-c1cccc(Br)c1. The largest absolute Gasteiger partial charge is 0.331 e. The van der Waals surface area contributed by atoms with Crippen molar-refractivity contribution in [2.45, 2.75) is 13.8 Å². The summed E-state index contributed by atoms with van der Waals surface area (Å²) in [5.41, 5.74) is 6.15. The van der Waals surface area contributed by atoms with Gasteiger partial charge in [0.05, 0.1) is 11.4 Å². The molecule has 0 amide bonds. The number of anilines is 4. The van der Waals surface area contributed by atoms with Crippen LogP contribution < -0.4 is 10.6 Å². The fraction of sp³-hybridized carbons (Fsp3) is 0.0769. The molecule has 170 valence electrons. The zero-order valence-corrected chi connectivity index (χ0v) is 23.2. The molecule has 0 aliphatic rings. The van der Waals surface area contributed by atoms with Crippen LogP contribution in [0, 0.1) is 13.8 Å². The highest BCUT2D eigenvalue weighted by Gasteiger charge is 2.12. The lowest BCUT2D eigenvalue weighted by Gasteiger charge is -2.07. The topological polar surface area (TPSA) is 49.8 Å². The lowest BCUT2D eigenvalue weighted by Crippen LogP contribution is -1.93. The van der Waals surface area contributed by atoms with Crippen molar-refractivity contribution in [3.05, 3.63) is 91.5 Å². The molecule has 0 fully saturated rings. The van der Waals surface area contributed by atoms with Gasteiger partial charge in [0.2, 0.25) is 0 Å². The van der Waals surface area contributed by atoms with E-state index in [-0.39, 0.29) is 0 Å². The number of benzene rings is 3. The maximum atomic E-state index is 4.84. The fourth-order valence-corrected chi connectivity index (χ4v) is 6.14. The smallest absolute Gasteiger partial charge is 0.187 e. The Labute approximate surface area is 223 Å². The number of aromatic nitrogens is 2. The van der Waals surface area contributed by atoms with E-state index in [1.165, 1.54) is 9.75 Å². The first kappa shape index (κ1) is 23.2. The number of thiazole rings is 2. The van der Waals surface area contributed by atoms with Crippen molar-refractivity contribution < 1.29 is 0 Å². The van der Waals surface area contributed by atoms with Gasteiger partial charge in [0.15, 0.2) is 10.3 Å². The predicted octanol–water partition coefficient (Wildman–Crippen LogP) is 9.56. The molecular formula is C26H20Br2N4S2. The molecule has 2 N–H and O–H groups in total. The molecule has 0 aliphatic heterocycles. The molecule has 0 radical (unpaired) electrons. The minimum atomic E-state index is 0.867. The predicted molar refractivity (Wildman–Crippen MR) is 153 cm³/mol. The maximum absolute atomic E-state index is 4.84. The molecule has 3 aromatic carbocycles. The van der Waals surface area contributed by atoms with Crippen LogP contribution in [0.4, 0.5) is 21.6 Å². The average Bonchev–Trinajstić information content (AvgIpc) is 3.35. The molecule has 5 rings (SSSR count). The van der Waals surface area contributed by atoms with Crippen LogP contribution in [0.25, 0.3) is 22.5 Å². The highest BCUT2D eigenvalue weighted by atomic mass is 79.9. The van der Waals surface area contributed by atoms with E-state index in [2.05, 4.69) is 86.7 Å². The van der Waals surface area contributed by atoms with Crippen molar-refractivity contribution in [2.24, 2.45) is 0 Å². The van der Waals surface area contributed by atoms with Crippen LogP contribution in [-0.2, 0) is 0 Å². The van der Waals surface area contributed by atoms with Crippen LogP contribution in [0.3, 0.4) is 0 Å². The minimum Gasteiger partial charge on any atom is -0.331 e. The Bertz CT molecular complexity index is 1370. The molecule has 0 spiro atoms. The quantitative estimate of drug-likeness (QED) is 0.201. The summed E-state index contributed by atoms with van der Waals surface area (Å²) in [4.78, 5) is 12.0. The number of rotatable bonds is 6. The zero-order valence-electron chi connectivity index (χ0n) is 18.4. The lowest BCUT2D eigenvalue weighted by molar-refractivity contribution is 1.35. The van der Waals surface area contributed by atoms with Gasteiger partial charge in [-0.15, -0.1) is 22.7 Å². The average molecular weight is 612 g/mol. The zero-order chi connectivity index (χ0) is 23.7. The molecule has 0 saturated carbocycles. The number of hydrogen-bond donors (Lipinski definition) is 2. The van der Waals surface area contributed by atoms with Crippen LogP contribution in [0.15, 0.2) is 81.7 Å². The van der Waals surface area contributed by atoms with E-state index in [4.69, 9.17) is 9.97 Å². The standard InChI is InChI=1S/C26H20Br2N4S2/c1-15-23(17-6-3-8-19(27)12-17)31-25(33-15)29-21-10-5-11-22(14-21)30-26-32-24(16(2)34-26)18-7-4-9-20(28)13-18/h3-14H,1-2H3,(H,29,31)(H,30,32). The highest BCUT2D eigenvalue weighted by Crippen LogP contribution is 2.35. The van der Waals surface area contributed by atoms with E-state index in [0.29, 0.717) is 0 Å². The molecule has 0 saturated heterocycles. The first-order valence-electron chi connectivity index (χ1n) is 10.6. The van der Waals surface area contributed by atoms with Crippen LogP contribution in [0.2, 0.25) is 0 Å². The first-order valence-corrected chi connectivity index (χ1v) is 13.8. The summed E-state index contributed by atoms with van der Waals surface area (Å²) in [6.45, 7) is 4.20. The summed E-state index contributed by atoms with van der Waals surface area (Å²) in [6, 6.07) is 24.6. The van der Waals surface area contributed by atoms with Gasteiger partial charge in [0, 0.05) is 41.2 Å². The van der Waals surface area contributed by atoms with Crippen LogP contribution in [-0.4, -0.2) is 9.97 Å². The Hall–Kier alpha value is -2.52. The van der Waals surface area contributed by atoms with Crippen LogP contribution >= 0.6 is 54.5 Å². The summed E-state index contributed by atoms with van der Waals surface area (Å²) in [5.74, 6) is 0. The van der Waals surface area contributed by atoms with Gasteiger partial charge in [-0.1, -0.05) is 62.2 Å². The molecule has 0 unspecified atom stereocenters. The number of nitrogens with zero attached hydrogens (tertiary/aromatic N) is 2. The van der Waals surface area contributed by atoms with Crippen molar-refractivity contribution in [3.63, 3.8) is 0 Å². The molecule has 34 heavy (non-hydrogen) atoms. The van der Waals surface area contributed by atoms with E-state index in [1.807, 2.05) is 42.5 Å². The third-order valence-corrected chi connectivity index (χ3v) is 7.91. The Morgan fingerprint density at radius 2 is 1.06 bits per heavy atom. The number of halogens is 2. The minimum absolute atomic E-state index is 0.867. The maximum Gasteiger partial charge on any atom is 0.187 e. The van der Waals surface area contributed by atoms with Crippen LogP contribution in [0.5, 0.6) is 0 Å². The van der Waals surface area contributed by atoms with Crippen molar-refractivity contribution in [2.75, 3.05) is 10.6 Å². The number of nitrogens with one attached hydrogen (secondary N) is 2. The van der Waals surface area contributed by atoms with Crippen molar-refractivity contribution in [1.29, 1.82) is 0 Å². The Morgan fingerprint density at radius 3 is 1.50 bits per heavy atom. The number of hydrogen-bond acceptors (Lipinski definition) is 6. The Kier molecular flexibility index (Phi) is 6.83. The molecular weight excluding hydrogens is 592 g/mol. The summed E-state index contributed by atoms with van der Waals surface area (Å²) in [6.07, 6.45) is 0. The Morgan fingerprint density at radius 1 is 0.618 bits per heavy atom. The lowest BCUT2D eigenvalue weighted by atomic mass is 10.1. The van der Waals surface area contributed by atoms with E-state index >= 15 is 0 Å². The summed E-state index contributed by atoms with van der Waals surface area (Å²) in [5, 5.41) is 8.65. The van der Waals surface area contributed by atoms with E-state index in [1.54, 1.807) is 22.7 Å². The molecule has 2 heterocycles. The van der Waals surface area contributed by atoms with Gasteiger partial charge in [0.25, 0.3) is 0 Å². The number of aryl methyl sites for hydroxylation is 2. The second-order valence-corrected chi connectivity index (χ2v) is 11.9. The third kappa shape index (κ3) is 5.25. The van der Waals surface area contributed by atoms with Gasteiger partial charge in [-0.2, -0.15) is 0 Å². The first-order chi connectivity index (χ1) is 16.4. The molecule has 5 aromatic rings. The normalized spacial score (nSPS) is 10.9.